The first-order chi connectivity index (χ1) is 10.8. The molecule has 1 aliphatic rings. The second-order valence-electron chi connectivity index (χ2n) is 5.63. The van der Waals surface area contributed by atoms with Crippen LogP contribution in [0.3, 0.4) is 0 Å². The van der Waals surface area contributed by atoms with Crippen LogP contribution in [0.25, 0.3) is 0 Å². The fourth-order valence-corrected chi connectivity index (χ4v) is 2.88. The van der Waals surface area contributed by atoms with E-state index in [-0.39, 0.29) is 24.0 Å². The Morgan fingerprint density at radius 3 is 2.91 bits per heavy atom. The molecule has 0 bridgehead atoms. The second-order valence-corrected chi connectivity index (χ2v) is 5.63. The molecule has 0 spiro atoms. The Bertz CT molecular complexity index is 496. The standard InChI is InChI=1S/C17H27N3O2.HI/c1-18-17(20-10-8-15(12-20)13-21-2)19-9-7-14-5-4-6-16(11-14)22-3;/h4-6,11,15H,7-10,12-13H2,1-3H3,(H,18,19);1H. The highest BCUT2D eigenvalue weighted by Crippen LogP contribution is 2.16. The Morgan fingerprint density at radius 1 is 1.39 bits per heavy atom. The maximum absolute atomic E-state index is 5.26. The molecule has 0 aromatic heterocycles. The number of hydrogen-bond acceptors (Lipinski definition) is 3. The Morgan fingerprint density at radius 2 is 2.22 bits per heavy atom. The van der Waals surface area contributed by atoms with Crippen LogP contribution in [0.2, 0.25) is 0 Å². The van der Waals surface area contributed by atoms with Gasteiger partial charge in [-0.25, -0.2) is 0 Å². The zero-order valence-corrected chi connectivity index (χ0v) is 16.6. The van der Waals surface area contributed by atoms with Gasteiger partial charge in [-0.15, -0.1) is 24.0 Å². The molecule has 2 rings (SSSR count). The lowest BCUT2D eigenvalue weighted by Crippen LogP contribution is -2.41. The number of ether oxygens (including phenoxy) is 2. The zero-order valence-electron chi connectivity index (χ0n) is 14.2. The van der Waals surface area contributed by atoms with Crippen molar-refractivity contribution in [3.8, 4) is 5.75 Å². The molecule has 1 saturated heterocycles. The Balaban J connectivity index is 0.00000264. The van der Waals surface area contributed by atoms with Crippen LogP contribution in [0.5, 0.6) is 5.75 Å². The highest BCUT2D eigenvalue weighted by Gasteiger charge is 2.24. The summed E-state index contributed by atoms with van der Waals surface area (Å²) in [5, 5.41) is 3.45. The number of rotatable bonds is 6. The smallest absolute Gasteiger partial charge is 0.193 e. The lowest BCUT2D eigenvalue weighted by molar-refractivity contribution is 0.157. The third kappa shape index (κ3) is 6.18. The monoisotopic (exact) mass is 433 g/mol. The summed E-state index contributed by atoms with van der Waals surface area (Å²) < 4.78 is 10.5. The lowest BCUT2D eigenvalue weighted by Gasteiger charge is -2.21. The van der Waals surface area contributed by atoms with Gasteiger partial charge in [-0.3, -0.25) is 4.99 Å². The largest absolute Gasteiger partial charge is 0.497 e. The summed E-state index contributed by atoms with van der Waals surface area (Å²) >= 11 is 0. The van der Waals surface area contributed by atoms with Crippen LogP contribution in [0, 0.1) is 5.92 Å². The molecule has 0 amide bonds. The first-order valence-electron chi connectivity index (χ1n) is 7.84. The minimum Gasteiger partial charge on any atom is -0.497 e. The SMILES string of the molecule is CN=C(NCCc1cccc(OC)c1)N1CCC(COC)C1.I. The molecule has 1 aromatic rings. The van der Waals surface area contributed by atoms with E-state index in [1.54, 1.807) is 14.2 Å². The minimum absolute atomic E-state index is 0. The maximum Gasteiger partial charge on any atom is 0.193 e. The predicted molar refractivity (Wildman–Crippen MR) is 105 cm³/mol. The van der Waals surface area contributed by atoms with E-state index in [2.05, 4.69) is 27.3 Å². The predicted octanol–water partition coefficient (Wildman–Crippen LogP) is 2.40. The molecule has 1 aliphatic heterocycles. The van der Waals surface area contributed by atoms with Gasteiger partial charge in [-0.2, -0.15) is 0 Å². The molecule has 1 N–H and O–H groups in total. The van der Waals surface area contributed by atoms with Gasteiger partial charge in [0.2, 0.25) is 0 Å². The van der Waals surface area contributed by atoms with E-state index in [4.69, 9.17) is 9.47 Å². The van der Waals surface area contributed by atoms with Gasteiger partial charge >= 0.3 is 0 Å². The number of guanidine groups is 1. The number of benzene rings is 1. The molecule has 1 heterocycles. The quantitative estimate of drug-likeness (QED) is 0.425. The fourth-order valence-electron chi connectivity index (χ4n) is 2.88. The van der Waals surface area contributed by atoms with Crippen LogP contribution in [0.15, 0.2) is 29.3 Å². The summed E-state index contributed by atoms with van der Waals surface area (Å²) in [6.45, 7) is 3.77. The van der Waals surface area contributed by atoms with Crippen LogP contribution in [0.1, 0.15) is 12.0 Å². The molecule has 6 heteroatoms. The third-order valence-electron chi connectivity index (χ3n) is 4.03. The van der Waals surface area contributed by atoms with Gasteiger partial charge in [0.15, 0.2) is 5.96 Å². The summed E-state index contributed by atoms with van der Waals surface area (Å²) in [5.41, 5.74) is 1.26. The molecule has 1 atom stereocenters. The number of methoxy groups -OCH3 is 2. The van der Waals surface area contributed by atoms with Crippen molar-refractivity contribution < 1.29 is 9.47 Å². The van der Waals surface area contributed by atoms with Crippen molar-refractivity contribution in [2.45, 2.75) is 12.8 Å². The van der Waals surface area contributed by atoms with Gasteiger partial charge in [0.05, 0.1) is 13.7 Å². The molecule has 130 valence electrons. The summed E-state index contributed by atoms with van der Waals surface area (Å²) in [6.07, 6.45) is 2.12. The van der Waals surface area contributed by atoms with Gasteiger partial charge in [-0.05, 0) is 30.5 Å². The summed E-state index contributed by atoms with van der Waals surface area (Å²) in [7, 11) is 5.31. The van der Waals surface area contributed by atoms with Crippen molar-refractivity contribution in [1.82, 2.24) is 10.2 Å². The number of hydrogen-bond donors (Lipinski definition) is 1. The number of halogens is 1. The molecule has 1 unspecified atom stereocenters. The van der Waals surface area contributed by atoms with E-state index < -0.39 is 0 Å². The van der Waals surface area contributed by atoms with E-state index in [1.165, 1.54) is 12.0 Å². The molecular weight excluding hydrogens is 405 g/mol. The first kappa shape index (κ1) is 20.0. The average Bonchev–Trinajstić information content (AvgIpc) is 3.00. The molecule has 0 aliphatic carbocycles. The minimum atomic E-state index is 0. The van der Waals surface area contributed by atoms with Crippen LogP contribution in [0.4, 0.5) is 0 Å². The van der Waals surface area contributed by atoms with Crippen LogP contribution < -0.4 is 10.1 Å². The first-order valence-corrected chi connectivity index (χ1v) is 7.84. The molecule has 1 aromatic carbocycles. The zero-order chi connectivity index (χ0) is 15.8. The van der Waals surface area contributed by atoms with Crippen molar-refractivity contribution in [1.29, 1.82) is 0 Å². The number of aliphatic imine (C=N–C) groups is 1. The summed E-state index contributed by atoms with van der Waals surface area (Å²) in [4.78, 5) is 6.71. The number of nitrogens with zero attached hydrogens (tertiary/aromatic N) is 2. The molecule has 1 fully saturated rings. The molecule has 0 radical (unpaired) electrons. The van der Waals surface area contributed by atoms with E-state index in [1.807, 2.05) is 19.2 Å². The van der Waals surface area contributed by atoms with Gasteiger partial charge in [0.1, 0.15) is 5.75 Å². The van der Waals surface area contributed by atoms with Crippen molar-refractivity contribution >= 4 is 29.9 Å². The molecular formula is C17H28IN3O2. The van der Waals surface area contributed by atoms with Crippen molar-refractivity contribution in [3.05, 3.63) is 29.8 Å². The summed E-state index contributed by atoms with van der Waals surface area (Å²) in [5.74, 6) is 2.51. The van der Waals surface area contributed by atoms with Gasteiger partial charge in [0, 0.05) is 39.7 Å². The Labute approximate surface area is 156 Å². The van der Waals surface area contributed by atoms with E-state index in [9.17, 15) is 0 Å². The van der Waals surface area contributed by atoms with Crippen molar-refractivity contribution in [2.24, 2.45) is 10.9 Å². The van der Waals surface area contributed by atoms with Crippen molar-refractivity contribution in [2.75, 3.05) is 47.5 Å². The fraction of sp³-hybridized carbons (Fsp3) is 0.588. The average molecular weight is 433 g/mol. The summed E-state index contributed by atoms with van der Waals surface area (Å²) in [6, 6.07) is 8.20. The van der Waals surface area contributed by atoms with E-state index >= 15 is 0 Å². The highest BCUT2D eigenvalue weighted by atomic mass is 127. The van der Waals surface area contributed by atoms with E-state index in [0.717, 1.165) is 44.4 Å². The molecule has 5 nitrogen and oxygen atoms in total. The Kier molecular flexibility index (Phi) is 9.31. The molecule has 0 saturated carbocycles. The Hall–Kier alpha value is -1.02. The van der Waals surface area contributed by atoms with Gasteiger partial charge in [0.25, 0.3) is 0 Å². The maximum atomic E-state index is 5.26. The number of nitrogens with one attached hydrogen (secondary N) is 1. The van der Waals surface area contributed by atoms with Crippen molar-refractivity contribution in [3.63, 3.8) is 0 Å². The lowest BCUT2D eigenvalue weighted by atomic mass is 10.1. The highest BCUT2D eigenvalue weighted by molar-refractivity contribution is 14.0. The normalized spacial score (nSPS) is 17.8. The van der Waals surface area contributed by atoms with Crippen LogP contribution >= 0.6 is 24.0 Å². The molecule has 23 heavy (non-hydrogen) atoms. The van der Waals surface area contributed by atoms with Crippen LogP contribution in [-0.2, 0) is 11.2 Å². The second kappa shape index (κ2) is 10.7. The van der Waals surface area contributed by atoms with Crippen LogP contribution in [-0.4, -0.2) is 58.4 Å². The van der Waals surface area contributed by atoms with E-state index in [0.29, 0.717) is 5.92 Å². The van der Waals surface area contributed by atoms with Gasteiger partial charge in [-0.1, -0.05) is 12.1 Å². The number of likely N-dealkylation sites (tertiary alicyclic amines) is 1. The van der Waals surface area contributed by atoms with Gasteiger partial charge < -0.3 is 19.7 Å². The third-order valence-corrected chi connectivity index (χ3v) is 4.03. The topological polar surface area (TPSA) is 46.1 Å².